The molecule has 2 amide bonds. The van der Waals surface area contributed by atoms with Crippen LogP contribution in [0.2, 0.25) is 0 Å². The van der Waals surface area contributed by atoms with Crippen molar-refractivity contribution < 1.29 is 57.9 Å². The van der Waals surface area contributed by atoms with Crippen molar-refractivity contribution in [1.82, 2.24) is 0 Å². The molecule has 0 aliphatic heterocycles. The average molecular weight is 688 g/mol. The second-order valence-corrected chi connectivity index (χ2v) is 9.63. The smallest absolute Gasteiger partial charge is 0.366 e. The molecule has 43 heavy (non-hydrogen) atoms. The highest BCUT2D eigenvalue weighted by Crippen LogP contribution is 2.56. The topological polar surface area (TPSA) is 87.2 Å². The van der Waals surface area contributed by atoms with E-state index >= 15 is 4.39 Å². The van der Waals surface area contributed by atoms with Gasteiger partial charge in [-0.25, -0.2) is 8.78 Å². The fourth-order valence-electron chi connectivity index (χ4n) is 4.06. The molecule has 3 aromatic carbocycles. The van der Waals surface area contributed by atoms with Crippen molar-refractivity contribution in [2.24, 2.45) is 5.73 Å². The maximum Gasteiger partial charge on any atom is 0.435 e. The number of amides is 2. The minimum absolute atomic E-state index is 0.0855. The monoisotopic (exact) mass is 687 g/mol. The van der Waals surface area contributed by atoms with Crippen molar-refractivity contribution >= 4 is 33.4 Å². The Hall–Kier alpha value is -4.20. The Balaban J connectivity index is 2.43. The first-order chi connectivity index (χ1) is 19.6. The fourth-order valence-corrected chi connectivity index (χ4v) is 4.73. The molecule has 2 N–H and O–H groups in total. The van der Waals surface area contributed by atoms with Crippen LogP contribution in [0.1, 0.15) is 37.4 Å². The van der Waals surface area contributed by atoms with E-state index in [9.17, 15) is 53.5 Å². The highest BCUT2D eigenvalue weighted by atomic mass is 79.9. The van der Waals surface area contributed by atoms with E-state index in [0.29, 0.717) is 17.0 Å². The van der Waals surface area contributed by atoms with Crippen LogP contribution in [-0.4, -0.2) is 31.2 Å². The number of nitrogens with two attached hydrogens (primary N) is 1. The van der Waals surface area contributed by atoms with Crippen LogP contribution in [0.15, 0.2) is 53.0 Å². The number of nitrogens with zero attached hydrogens (tertiary/aromatic N) is 2. The molecule has 0 spiro atoms. The first-order valence-electron chi connectivity index (χ1n) is 11.2. The highest BCUT2D eigenvalue weighted by Gasteiger charge is 2.73. The first-order valence-corrected chi connectivity index (χ1v) is 12.0. The molecule has 5 nitrogen and oxygen atoms in total. The molecular formula is C26H13BrF11N3O2. The molecule has 228 valence electrons. The van der Waals surface area contributed by atoms with E-state index in [1.807, 2.05) is 0 Å². The van der Waals surface area contributed by atoms with Crippen LogP contribution in [0.4, 0.5) is 54.0 Å². The summed E-state index contributed by atoms with van der Waals surface area (Å²) in [5.41, 5.74) is -10.4. The molecule has 0 heterocycles. The summed E-state index contributed by atoms with van der Waals surface area (Å²) in [4.78, 5) is 25.4. The lowest BCUT2D eigenvalue weighted by Gasteiger charge is -2.32. The van der Waals surface area contributed by atoms with Crippen molar-refractivity contribution in [3.05, 3.63) is 86.6 Å². The maximum atomic E-state index is 15.7. The summed E-state index contributed by atoms with van der Waals surface area (Å²) < 4.78 is 152. The van der Waals surface area contributed by atoms with E-state index in [4.69, 9.17) is 11.0 Å². The van der Waals surface area contributed by atoms with E-state index < -0.39 is 85.9 Å². The summed E-state index contributed by atoms with van der Waals surface area (Å²) in [5, 5.41) is 8.93. The molecule has 0 fully saturated rings. The third-order valence-corrected chi connectivity index (χ3v) is 6.75. The standard InChI is InChI=1S/C26H13BrF11N3O2/c1-41(22(43)12-4-2-11(10-39)3-5-12)20-14(6-7-15(19(20)28)21(40)42)18-16(24(30,31)32)8-13(9-17(18)27)23(29,25(33,34)35)26(36,37)38/h2-9H,1H3,(H2,40,42). The molecule has 0 saturated heterocycles. The van der Waals surface area contributed by atoms with Crippen molar-refractivity contribution in [3.63, 3.8) is 0 Å². The lowest BCUT2D eigenvalue weighted by Crippen LogP contribution is -2.50. The molecule has 0 aliphatic rings. The van der Waals surface area contributed by atoms with Crippen molar-refractivity contribution in [2.45, 2.75) is 24.2 Å². The third kappa shape index (κ3) is 5.88. The van der Waals surface area contributed by atoms with Gasteiger partial charge in [-0.1, -0.05) is 22.0 Å². The van der Waals surface area contributed by atoms with E-state index in [1.165, 1.54) is 12.1 Å². The molecule has 17 heteroatoms. The number of anilines is 1. The Morgan fingerprint density at radius 2 is 1.42 bits per heavy atom. The van der Waals surface area contributed by atoms with Crippen LogP contribution in [0.3, 0.4) is 0 Å². The number of carbonyl (C=O) groups is 2. The Morgan fingerprint density at radius 3 is 1.86 bits per heavy atom. The molecule has 0 unspecified atom stereocenters. The Morgan fingerprint density at radius 1 is 0.884 bits per heavy atom. The van der Waals surface area contributed by atoms with Crippen LogP contribution in [0.25, 0.3) is 11.1 Å². The second-order valence-electron chi connectivity index (χ2n) is 8.77. The molecule has 0 atom stereocenters. The minimum atomic E-state index is -6.76. The fraction of sp³-hybridized carbons (Fsp3) is 0.192. The lowest BCUT2D eigenvalue weighted by atomic mass is 9.88. The number of carbonyl (C=O) groups excluding carboxylic acids is 2. The summed E-state index contributed by atoms with van der Waals surface area (Å²) in [6.45, 7) is 0. The predicted molar refractivity (Wildman–Crippen MR) is 132 cm³/mol. The molecule has 0 aromatic heterocycles. The molecule has 3 aromatic rings. The van der Waals surface area contributed by atoms with Gasteiger partial charge in [-0.2, -0.15) is 44.8 Å². The van der Waals surface area contributed by atoms with Gasteiger partial charge in [-0.3, -0.25) is 9.59 Å². The van der Waals surface area contributed by atoms with Crippen LogP contribution in [0.5, 0.6) is 0 Å². The number of hydrogen-bond donors (Lipinski definition) is 1. The summed E-state index contributed by atoms with van der Waals surface area (Å²) in [6, 6.07) is 6.52. The van der Waals surface area contributed by atoms with Crippen molar-refractivity contribution in [1.29, 1.82) is 5.26 Å². The summed E-state index contributed by atoms with van der Waals surface area (Å²) in [7, 11) is 0.836. The number of hydrogen-bond acceptors (Lipinski definition) is 3. The van der Waals surface area contributed by atoms with Gasteiger partial charge in [0.2, 0.25) is 0 Å². The first kappa shape index (κ1) is 33.3. The zero-order valence-electron chi connectivity index (χ0n) is 20.9. The lowest BCUT2D eigenvalue weighted by molar-refractivity contribution is -0.348. The van der Waals surface area contributed by atoms with Gasteiger partial charge in [0.05, 0.1) is 28.4 Å². The Kier molecular flexibility index (Phi) is 8.62. The van der Waals surface area contributed by atoms with Gasteiger partial charge in [0, 0.05) is 33.8 Å². The number of halogens is 12. The second kappa shape index (κ2) is 11.1. The SMILES string of the molecule is CN(C(=O)c1ccc(C#N)cc1)c1c(-c2c(Br)cc(C(F)(C(F)(F)F)C(F)(F)F)cc2C(F)(F)F)ccc(C(N)=O)c1F. The van der Waals surface area contributed by atoms with Gasteiger partial charge >= 0.3 is 24.2 Å². The number of primary amides is 1. The highest BCUT2D eigenvalue weighted by molar-refractivity contribution is 9.10. The van der Waals surface area contributed by atoms with E-state index in [2.05, 4.69) is 15.9 Å². The van der Waals surface area contributed by atoms with E-state index in [0.717, 1.165) is 19.2 Å². The number of benzene rings is 3. The number of rotatable bonds is 5. The quantitative estimate of drug-likeness (QED) is 0.278. The largest absolute Gasteiger partial charge is 0.435 e. The van der Waals surface area contributed by atoms with Crippen LogP contribution in [0, 0.1) is 17.1 Å². The third-order valence-electron chi connectivity index (χ3n) is 6.13. The van der Waals surface area contributed by atoms with Crippen molar-refractivity contribution in [2.75, 3.05) is 11.9 Å². The van der Waals surface area contributed by atoms with Crippen molar-refractivity contribution in [3.8, 4) is 17.2 Å². The van der Waals surface area contributed by atoms with Gasteiger partial charge in [-0.05, 0) is 42.5 Å². The molecule has 0 saturated carbocycles. The van der Waals surface area contributed by atoms with E-state index in [-0.39, 0.29) is 17.2 Å². The maximum absolute atomic E-state index is 15.7. The Labute approximate surface area is 242 Å². The van der Waals surface area contributed by atoms with Gasteiger partial charge in [0.15, 0.2) is 5.82 Å². The van der Waals surface area contributed by atoms with Crippen LogP contribution < -0.4 is 10.6 Å². The summed E-state index contributed by atoms with van der Waals surface area (Å²) in [5.74, 6) is -4.26. The summed E-state index contributed by atoms with van der Waals surface area (Å²) >= 11 is 2.46. The molecule has 0 bridgehead atoms. The molecule has 0 radical (unpaired) electrons. The number of nitriles is 1. The van der Waals surface area contributed by atoms with Crippen LogP contribution >= 0.6 is 15.9 Å². The zero-order chi connectivity index (χ0) is 32.9. The summed E-state index contributed by atoms with van der Waals surface area (Å²) in [6.07, 6.45) is -19.3. The van der Waals surface area contributed by atoms with Gasteiger partial charge in [0.25, 0.3) is 11.8 Å². The van der Waals surface area contributed by atoms with Gasteiger partial charge < -0.3 is 10.6 Å². The molecule has 0 aliphatic carbocycles. The van der Waals surface area contributed by atoms with Gasteiger partial charge in [-0.15, -0.1) is 0 Å². The Bertz CT molecular complexity index is 1630. The van der Waals surface area contributed by atoms with E-state index in [1.54, 1.807) is 6.07 Å². The van der Waals surface area contributed by atoms with Crippen LogP contribution in [-0.2, 0) is 11.8 Å². The number of alkyl halides is 10. The zero-order valence-corrected chi connectivity index (χ0v) is 22.5. The van der Waals surface area contributed by atoms with Gasteiger partial charge in [0.1, 0.15) is 0 Å². The average Bonchev–Trinajstić information content (AvgIpc) is 2.89. The predicted octanol–water partition coefficient (Wildman–Crippen LogP) is 7.81. The normalized spacial score (nSPS) is 12.6. The molecule has 3 rings (SSSR count). The molecular weight excluding hydrogens is 675 g/mol. The minimum Gasteiger partial charge on any atom is -0.366 e.